The standard InChI is InChI=1S/C16H13IN4O/c1-11-5-2-6-12(14(11)17)16(22)20-13-7-3-8-18-15(13)21-10-4-9-19-21/h2-10H,1H3,(H,20,22). The van der Waals surface area contributed by atoms with Crippen molar-refractivity contribution in [1.29, 1.82) is 0 Å². The molecule has 3 rings (SSSR count). The molecular formula is C16H13IN4O. The predicted octanol–water partition coefficient (Wildman–Crippen LogP) is 3.43. The van der Waals surface area contributed by atoms with Crippen LogP contribution in [0.25, 0.3) is 5.82 Å². The first kappa shape index (κ1) is 14.7. The average molecular weight is 404 g/mol. The molecule has 0 aliphatic heterocycles. The minimum atomic E-state index is -0.158. The first-order valence-corrected chi connectivity index (χ1v) is 7.76. The molecule has 0 spiro atoms. The van der Waals surface area contributed by atoms with Gasteiger partial charge < -0.3 is 5.32 Å². The fraction of sp³-hybridized carbons (Fsp3) is 0.0625. The zero-order valence-electron chi connectivity index (χ0n) is 11.8. The molecule has 110 valence electrons. The zero-order chi connectivity index (χ0) is 15.5. The highest BCUT2D eigenvalue weighted by Crippen LogP contribution is 2.21. The van der Waals surface area contributed by atoms with E-state index in [0.29, 0.717) is 17.1 Å². The molecular weight excluding hydrogens is 391 g/mol. The molecule has 5 nitrogen and oxygen atoms in total. The Morgan fingerprint density at radius 1 is 1.18 bits per heavy atom. The third-order valence-corrected chi connectivity index (χ3v) is 4.62. The number of hydrogen-bond donors (Lipinski definition) is 1. The Labute approximate surface area is 141 Å². The van der Waals surface area contributed by atoms with E-state index in [1.165, 1.54) is 0 Å². The number of aromatic nitrogens is 3. The van der Waals surface area contributed by atoms with Gasteiger partial charge in [-0.25, -0.2) is 9.67 Å². The number of aryl methyl sites for hydroxylation is 1. The van der Waals surface area contributed by atoms with Crippen molar-refractivity contribution in [2.75, 3.05) is 5.32 Å². The maximum absolute atomic E-state index is 12.5. The second-order valence-corrected chi connectivity index (χ2v) is 5.79. The summed E-state index contributed by atoms with van der Waals surface area (Å²) in [5.74, 6) is 0.429. The summed E-state index contributed by atoms with van der Waals surface area (Å²) in [6, 6.07) is 11.1. The highest BCUT2D eigenvalue weighted by Gasteiger charge is 2.14. The Morgan fingerprint density at radius 2 is 2.05 bits per heavy atom. The van der Waals surface area contributed by atoms with Crippen molar-refractivity contribution >= 4 is 34.2 Å². The highest BCUT2D eigenvalue weighted by molar-refractivity contribution is 14.1. The van der Waals surface area contributed by atoms with Gasteiger partial charge >= 0.3 is 0 Å². The third-order valence-electron chi connectivity index (χ3n) is 3.19. The second kappa shape index (κ2) is 6.27. The second-order valence-electron chi connectivity index (χ2n) is 4.72. The number of anilines is 1. The number of amides is 1. The van der Waals surface area contributed by atoms with Crippen LogP contribution in [0.3, 0.4) is 0 Å². The summed E-state index contributed by atoms with van der Waals surface area (Å²) in [5, 5.41) is 7.08. The van der Waals surface area contributed by atoms with Crippen LogP contribution in [0.5, 0.6) is 0 Å². The molecule has 1 aromatic carbocycles. The molecule has 3 aromatic rings. The van der Waals surface area contributed by atoms with E-state index in [4.69, 9.17) is 0 Å². The van der Waals surface area contributed by atoms with Crippen LogP contribution in [0.1, 0.15) is 15.9 Å². The van der Waals surface area contributed by atoms with Crippen LogP contribution in [-0.4, -0.2) is 20.7 Å². The molecule has 0 aliphatic carbocycles. The number of carbonyl (C=O) groups excluding carboxylic acids is 1. The summed E-state index contributed by atoms with van der Waals surface area (Å²) in [5.41, 5.74) is 2.34. The molecule has 0 saturated carbocycles. The molecule has 2 aromatic heterocycles. The number of carbonyl (C=O) groups is 1. The van der Waals surface area contributed by atoms with Crippen molar-refractivity contribution < 1.29 is 4.79 Å². The predicted molar refractivity (Wildman–Crippen MR) is 93.2 cm³/mol. The van der Waals surface area contributed by atoms with Gasteiger partial charge in [0, 0.05) is 22.2 Å². The lowest BCUT2D eigenvalue weighted by Crippen LogP contribution is -2.16. The minimum absolute atomic E-state index is 0.158. The van der Waals surface area contributed by atoms with Crippen molar-refractivity contribution in [3.05, 3.63) is 69.7 Å². The monoisotopic (exact) mass is 404 g/mol. The Hall–Kier alpha value is -2.22. The number of benzene rings is 1. The van der Waals surface area contributed by atoms with Crippen molar-refractivity contribution in [2.24, 2.45) is 0 Å². The Kier molecular flexibility index (Phi) is 4.19. The molecule has 0 unspecified atom stereocenters. The van der Waals surface area contributed by atoms with Crippen molar-refractivity contribution in [3.63, 3.8) is 0 Å². The third kappa shape index (κ3) is 2.87. The van der Waals surface area contributed by atoms with Crippen molar-refractivity contribution in [2.45, 2.75) is 6.92 Å². The summed E-state index contributed by atoms with van der Waals surface area (Å²) in [7, 11) is 0. The van der Waals surface area contributed by atoms with Gasteiger partial charge in [-0.05, 0) is 59.3 Å². The van der Waals surface area contributed by atoms with Crippen LogP contribution in [0.4, 0.5) is 5.69 Å². The van der Waals surface area contributed by atoms with Gasteiger partial charge in [0.15, 0.2) is 5.82 Å². The lowest BCUT2D eigenvalue weighted by molar-refractivity contribution is 0.102. The van der Waals surface area contributed by atoms with Crippen molar-refractivity contribution in [3.8, 4) is 5.82 Å². The average Bonchev–Trinajstić information content (AvgIpc) is 3.04. The number of nitrogens with one attached hydrogen (secondary N) is 1. The number of pyridine rings is 1. The van der Waals surface area contributed by atoms with E-state index in [1.54, 1.807) is 29.3 Å². The van der Waals surface area contributed by atoms with E-state index in [0.717, 1.165) is 9.13 Å². The lowest BCUT2D eigenvalue weighted by atomic mass is 10.1. The summed E-state index contributed by atoms with van der Waals surface area (Å²) in [6.07, 6.45) is 5.13. The summed E-state index contributed by atoms with van der Waals surface area (Å²) in [4.78, 5) is 16.8. The maximum Gasteiger partial charge on any atom is 0.256 e. The topological polar surface area (TPSA) is 59.8 Å². The highest BCUT2D eigenvalue weighted by atomic mass is 127. The molecule has 0 saturated heterocycles. The number of nitrogens with zero attached hydrogens (tertiary/aromatic N) is 3. The summed E-state index contributed by atoms with van der Waals surface area (Å²) >= 11 is 2.19. The van der Waals surface area contributed by atoms with Crippen LogP contribution in [0.15, 0.2) is 55.0 Å². The number of hydrogen-bond acceptors (Lipinski definition) is 3. The first-order valence-electron chi connectivity index (χ1n) is 6.68. The largest absolute Gasteiger partial charge is 0.319 e. The molecule has 0 atom stereocenters. The molecule has 0 fully saturated rings. The van der Waals surface area contributed by atoms with Gasteiger partial charge in [0.2, 0.25) is 0 Å². The van der Waals surface area contributed by atoms with Gasteiger partial charge in [-0.3, -0.25) is 4.79 Å². The fourth-order valence-corrected chi connectivity index (χ4v) is 2.69. The van der Waals surface area contributed by atoms with E-state index in [2.05, 4.69) is 38.0 Å². The van der Waals surface area contributed by atoms with Crippen LogP contribution in [-0.2, 0) is 0 Å². The van der Waals surface area contributed by atoms with Gasteiger partial charge in [-0.1, -0.05) is 12.1 Å². The van der Waals surface area contributed by atoms with Gasteiger partial charge in [0.1, 0.15) is 0 Å². The molecule has 6 heteroatoms. The van der Waals surface area contributed by atoms with Crippen LogP contribution >= 0.6 is 22.6 Å². The number of rotatable bonds is 3. The van der Waals surface area contributed by atoms with Crippen LogP contribution < -0.4 is 5.32 Å². The van der Waals surface area contributed by atoms with Crippen LogP contribution in [0, 0.1) is 10.5 Å². The number of halogens is 1. The maximum atomic E-state index is 12.5. The van der Waals surface area contributed by atoms with E-state index in [9.17, 15) is 4.79 Å². The smallest absolute Gasteiger partial charge is 0.256 e. The molecule has 1 N–H and O–H groups in total. The zero-order valence-corrected chi connectivity index (χ0v) is 14.0. The Morgan fingerprint density at radius 3 is 2.82 bits per heavy atom. The molecule has 0 aliphatic rings. The van der Waals surface area contributed by atoms with Crippen LogP contribution in [0.2, 0.25) is 0 Å². The van der Waals surface area contributed by atoms with Gasteiger partial charge in [0.05, 0.1) is 11.3 Å². The van der Waals surface area contributed by atoms with Gasteiger partial charge in [-0.15, -0.1) is 0 Å². The quantitative estimate of drug-likeness (QED) is 0.681. The Balaban J connectivity index is 1.94. The Bertz CT molecular complexity index is 815. The van der Waals surface area contributed by atoms with Gasteiger partial charge in [0.25, 0.3) is 5.91 Å². The van der Waals surface area contributed by atoms with E-state index < -0.39 is 0 Å². The lowest BCUT2D eigenvalue weighted by Gasteiger charge is -2.11. The minimum Gasteiger partial charge on any atom is -0.319 e. The summed E-state index contributed by atoms with van der Waals surface area (Å²) < 4.78 is 2.57. The summed E-state index contributed by atoms with van der Waals surface area (Å²) in [6.45, 7) is 1.98. The molecule has 0 bridgehead atoms. The molecule has 22 heavy (non-hydrogen) atoms. The fourth-order valence-electron chi connectivity index (χ4n) is 2.08. The van der Waals surface area contributed by atoms with Gasteiger partial charge in [-0.2, -0.15) is 5.10 Å². The van der Waals surface area contributed by atoms with E-state index in [1.807, 2.05) is 37.3 Å². The first-order chi connectivity index (χ1) is 10.7. The SMILES string of the molecule is Cc1cccc(C(=O)Nc2cccnc2-n2cccn2)c1I. The molecule has 2 heterocycles. The van der Waals surface area contributed by atoms with E-state index in [-0.39, 0.29) is 5.91 Å². The van der Waals surface area contributed by atoms with E-state index >= 15 is 0 Å². The molecule has 0 radical (unpaired) electrons. The van der Waals surface area contributed by atoms with Crippen molar-refractivity contribution in [1.82, 2.24) is 14.8 Å². The normalized spacial score (nSPS) is 10.5. The molecule has 1 amide bonds.